The van der Waals surface area contributed by atoms with Gasteiger partial charge < -0.3 is 5.11 Å². The molecule has 5 heteroatoms. The summed E-state index contributed by atoms with van der Waals surface area (Å²) in [6.45, 7) is 1.70. The first-order chi connectivity index (χ1) is 6.09. The normalized spacial score (nSPS) is 12.8. The summed E-state index contributed by atoms with van der Waals surface area (Å²) in [5.74, 6) is -0.479. The molecule has 2 nitrogen and oxygen atoms in total. The zero-order valence-corrected chi connectivity index (χ0v) is 9.38. The number of carboxylic acids is 1. The molecule has 0 aliphatic heterocycles. The number of thioether (sulfide) groups is 1. The van der Waals surface area contributed by atoms with E-state index < -0.39 is 5.97 Å². The van der Waals surface area contributed by atoms with Gasteiger partial charge in [0.05, 0.1) is 14.5 Å². The van der Waals surface area contributed by atoms with E-state index in [1.165, 1.54) is 23.1 Å². The number of carboxylic acid groups (broad SMARTS) is 1. The van der Waals surface area contributed by atoms with E-state index in [4.69, 9.17) is 16.7 Å². The molecule has 0 radical (unpaired) electrons. The molecule has 1 rings (SSSR count). The van der Waals surface area contributed by atoms with Crippen molar-refractivity contribution in [3.63, 3.8) is 0 Å². The van der Waals surface area contributed by atoms with E-state index in [0.717, 1.165) is 8.55 Å². The molecule has 72 valence electrons. The molecular weight excluding hydrogens is 228 g/mol. The molecule has 0 amide bonds. The van der Waals surface area contributed by atoms with E-state index in [2.05, 4.69) is 0 Å². The van der Waals surface area contributed by atoms with E-state index in [1.54, 1.807) is 6.92 Å². The predicted octanol–water partition coefficient (Wildman–Crippen LogP) is 3.21. The molecule has 1 heterocycles. The van der Waals surface area contributed by atoms with Crippen LogP contribution in [0.1, 0.15) is 6.92 Å². The minimum Gasteiger partial charge on any atom is -0.481 e. The fourth-order valence-electron chi connectivity index (χ4n) is 0.654. The smallest absolute Gasteiger partial charge is 0.307 e. The van der Waals surface area contributed by atoms with Crippen LogP contribution in [-0.4, -0.2) is 16.8 Å². The molecule has 0 aliphatic rings. The van der Waals surface area contributed by atoms with Crippen molar-refractivity contribution in [2.75, 3.05) is 5.75 Å². The van der Waals surface area contributed by atoms with Crippen LogP contribution in [0, 0.1) is 5.92 Å². The zero-order chi connectivity index (χ0) is 9.84. The number of thiophene rings is 1. The number of rotatable bonds is 4. The van der Waals surface area contributed by atoms with Gasteiger partial charge >= 0.3 is 5.97 Å². The topological polar surface area (TPSA) is 37.3 Å². The highest BCUT2D eigenvalue weighted by atomic mass is 35.5. The molecule has 0 saturated carbocycles. The number of hydrogen-bond donors (Lipinski definition) is 1. The molecule has 1 N–H and O–H groups in total. The summed E-state index contributed by atoms with van der Waals surface area (Å²) < 4.78 is 1.81. The molecule has 1 unspecified atom stereocenters. The SMILES string of the molecule is CC(CSc1ccc(Cl)s1)C(=O)O. The Hall–Kier alpha value is -0.190. The van der Waals surface area contributed by atoms with Gasteiger partial charge in [-0.3, -0.25) is 4.79 Å². The lowest BCUT2D eigenvalue weighted by Crippen LogP contribution is -2.11. The molecule has 13 heavy (non-hydrogen) atoms. The molecule has 1 aromatic heterocycles. The summed E-state index contributed by atoms with van der Waals surface area (Å²) in [7, 11) is 0. The third-order valence-electron chi connectivity index (χ3n) is 1.45. The average molecular weight is 237 g/mol. The lowest BCUT2D eigenvalue weighted by molar-refractivity contribution is -0.140. The Bertz CT molecular complexity index is 298. The van der Waals surface area contributed by atoms with Gasteiger partial charge in [0, 0.05) is 5.75 Å². The number of hydrogen-bond acceptors (Lipinski definition) is 3. The number of carbonyl (C=O) groups is 1. The lowest BCUT2D eigenvalue weighted by atomic mass is 10.2. The first-order valence-corrected chi connectivity index (χ1v) is 5.88. The van der Waals surface area contributed by atoms with E-state index >= 15 is 0 Å². The molecule has 1 atom stereocenters. The van der Waals surface area contributed by atoms with Gasteiger partial charge in [-0.25, -0.2) is 0 Å². The van der Waals surface area contributed by atoms with Crippen molar-refractivity contribution >= 4 is 40.7 Å². The van der Waals surface area contributed by atoms with E-state index in [0.29, 0.717) is 5.75 Å². The van der Waals surface area contributed by atoms with Crippen molar-refractivity contribution in [3.05, 3.63) is 16.5 Å². The van der Waals surface area contributed by atoms with Crippen molar-refractivity contribution in [1.29, 1.82) is 0 Å². The third kappa shape index (κ3) is 3.58. The summed E-state index contributed by atoms with van der Waals surface area (Å²) in [4.78, 5) is 10.5. The first kappa shape index (κ1) is 10.9. The standard InChI is InChI=1S/C8H9ClO2S2/c1-5(8(10)11)4-12-7-3-2-6(9)13-7/h2-3,5H,4H2,1H3,(H,10,11). The fraction of sp³-hybridized carbons (Fsp3) is 0.375. The maximum absolute atomic E-state index is 10.5. The molecular formula is C8H9ClO2S2. The highest BCUT2D eigenvalue weighted by molar-refractivity contribution is 8.01. The second-order valence-electron chi connectivity index (χ2n) is 2.61. The molecule has 1 aromatic rings. The minimum atomic E-state index is -0.754. The van der Waals surface area contributed by atoms with Crippen LogP contribution >= 0.6 is 34.7 Å². The second-order valence-corrected chi connectivity index (χ2v) is 5.64. The van der Waals surface area contributed by atoms with Gasteiger partial charge in [0.15, 0.2) is 0 Å². The predicted molar refractivity (Wildman–Crippen MR) is 56.9 cm³/mol. The maximum Gasteiger partial charge on any atom is 0.307 e. The average Bonchev–Trinajstić information content (AvgIpc) is 2.47. The van der Waals surface area contributed by atoms with Crippen molar-refractivity contribution in [3.8, 4) is 0 Å². The van der Waals surface area contributed by atoms with Crippen LogP contribution in [0.5, 0.6) is 0 Å². The van der Waals surface area contributed by atoms with Gasteiger partial charge in [0.25, 0.3) is 0 Å². The summed E-state index contributed by atoms with van der Waals surface area (Å²) in [5, 5.41) is 8.63. The maximum atomic E-state index is 10.5. The van der Waals surface area contributed by atoms with Crippen LogP contribution in [0.15, 0.2) is 16.3 Å². The highest BCUT2D eigenvalue weighted by Gasteiger charge is 2.11. The lowest BCUT2D eigenvalue weighted by Gasteiger charge is -2.02. The molecule has 0 aliphatic carbocycles. The van der Waals surface area contributed by atoms with Gasteiger partial charge in [-0.2, -0.15) is 0 Å². The minimum absolute atomic E-state index is 0.314. The van der Waals surface area contributed by atoms with Gasteiger partial charge in [0.2, 0.25) is 0 Å². The Balaban J connectivity index is 2.39. The van der Waals surface area contributed by atoms with Crippen molar-refractivity contribution in [2.45, 2.75) is 11.1 Å². The van der Waals surface area contributed by atoms with Crippen LogP contribution in [0.3, 0.4) is 0 Å². The quantitative estimate of drug-likeness (QED) is 0.816. The third-order valence-corrected chi connectivity index (χ3v) is 4.16. The van der Waals surface area contributed by atoms with Gasteiger partial charge in [-0.05, 0) is 12.1 Å². The zero-order valence-electron chi connectivity index (χ0n) is 6.99. The summed E-state index contributed by atoms with van der Waals surface area (Å²) >= 11 is 8.73. The van der Waals surface area contributed by atoms with E-state index in [1.807, 2.05) is 12.1 Å². The molecule has 0 spiro atoms. The van der Waals surface area contributed by atoms with Gasteiger partial charge in [-0.1, -0.05) is 18.5 Å². The van der Waals surface area contributed by atoms with Crippen LogP contribution in [0.2, 0.25) is 4.34 Å². The Morgan fingerprint density at radius 1 is 1.77 bits per heavy atom. The van der Waals surface area contributed by atoms with E-state index in [9.17, 15) is 4.79 Å². The van der Waals surface area contributed by atoms with Crippen LogP contribution in [0.4, 0.5) is 0 Å². The van der Waals surface area contributed by atoms with Crippen molar-refractivity contribution < 1.29 is 9.90 Å². The molecule has 0 bridgehead atoms. The Labute approximate surface area is 89.9 Å². The summed E-state index contributed by atoms with van der Waals surface area (Å²) in [6.07, 6.45) is 0. The Kier molecular flexibility index (Phi) is 4.09. The van der Waals surface area contributed by atoms with Crippen LogP contribution < -0.4 is 0 Å². The second kappa shape index (κ2) is 4.88. The Morgan fingerprint density at radius 3 is 2.92 bits per heavy atom. The van der Waals surface area contributed by atoms with E-state index in [-0.39, 0.29) is 5.92 Å². The number of aliphatic carboxylic acids is 1. The first-order valence-electron chi connectivity index (χ1n) is 3.70. The van der Waals surface area contributed by atoms with Crippen molar-refractivity contribution in [1.82, 2.24) is 0 Å². The number of halogens is 1. The van der Waals surface area contributed by atoms with Gasteiger partial charge in [0.1, 0.15) is 0 Å². The van der Waals surface area contributed by atoms with Crippen molar-refractivity contribution in [2.24, 2.45) is 5.92 Å². The molecule has 0 saturated heterocycles. The highest BCUT2D eigenvalue weighted by Crippen LogP contribution is 2.31. The Morgan fingerprint density at radius 2 is 2.46 bits per heavy atom. The molecule has 0 aromatic carbocycles. The van der Waals surface area contributed by atoms with Crippen LogP contribution in [-0.2, 0) is 4.79 Å². The molecule has 0 fully saturated rings. The van der Waals surface area contributed by atoms with Crippen LogP contribution in [0.25, 0.3) is 0 Å². The monoisotopic (exact) mass is 236 g/mol. The largest absolute Gasteiger partial charge is 0.481 e. The fourth-order valence-corrected chi connectivity index (χ4v) is 3.00. The summed E-state index contributed by atoms with van der Waals surface area (Å²) in [5.41, 5.74) is 0. The van der Waals surface area contributed by atoms with Gasteiger partial charge in [-0.15, -0.1) is 23.1 Å². The summed E-state index contributed by atoms with van der Waals surface area (Å²) in [6, 6.07) is 3.73.